The molecule has 4 heteroatoms. The van der Waals surface area contributed by atoms with Crippen LogP contribution in [0.1, 0.15) is 35.9 Å². The third-order valence-corrected chi connectivity index (χ3v) is 3.09. The van der Waals surface area contributed by atoms with Gasteiger partial charge in [0.1, 0.15) is 5.75 Å². The third kappa shape index (κ3) is 1.88. The van der Waals surface area contributed by atoms with E-state index in [1.807, 2.05) is 18.2 Å². The number of benzene rings is 1. The van der Waals surface area contributed by atoms with E-state index in [2.05, 4.69) is 0 Å². The molecule has 16 heavy (non-hydrogen) atoms. The van der Waals surface area contributed by atoms with Crippen LogP contribution in [0.2, 0.25) is 0 Å². The standard InChI is InChI=1S/C12H15NO3/c1-16-8-2-3-9-10(6-8)7(4-11(9)13)5-12(14)15/h2-3,6-7,11H,4-5,13H2,1H3,(H,14,15). The van der Waals surface area contributed by atoms with Crippen molar-refractivity contribution < 1.29 is 14.6 Å². The number of nitrogens with two attached hydrogens (primary N) is 1. The predicted molar refractivity (Wildman–Crippen MR) is 59.5 cm³/mol. The lowest BCUT2D eigenvalue weighted by molar-refractivity contribution is -0.137. The molecular formula is C12H15NO3. The maximum absolute atomic E-state index is 10.8. The second-order valence-corrected chi connectivity index (χ2v) is 4.13. The molecule has 1 aromatic rings. The molecule has 0 radical (unpaired) electrons. The smallest absolute Gasteiger partial charge is 0.303 e. The molecule has 0 saturated heterocycles. The van der Waals surface area contributed by atoms with E-state index in [-0.39, 0.29) is 18.4 Å². The summed E-state index contributed by atoms with van der Waals surface area (Å²) >= 11 is 0. The summed E-state index contributed by atoms with van der Waals surface area (Å²) in [4.78, 5) is 10.8. The first-order chi connectivity index (χ1) is 7.61. The normalized spacial score (nSPS) is 22.9. The van der Waals surface area contributed by atoms with Gasteiger partial charge in [0, 0.05) is 6.04 Å². The van der Waals surface area contributed by atoms with Crippen molar-refractivity contribution in [3.05, 3.63) is 29.3 Å². The molecule has 1 aliphatic carbocycles. The van der Waals surface area contributed by atoms with Crippen molar-refractivity contribution in [2.24, 2.45) is 5.73 Å². The van der Waals surface area contributed by atoms with Crippen LogP contribution in [0.15, 0.2) is 18.2 Å². The van der Waals surface area contributed by atoms with Gasteiger partial charge in [-0.1, -0.05) is 6.07 Å². The van der Waals surface area contributed by atoms with Crippen molar-refractivity contribution in [3.63, 3.8) is 0 Å². The lowest BCUT2D eigenvalue weighted by Gasteiger charge is -2.09. The zero-order chi connectivity index (χ0) is 11.7. The third-order valence-electron chi connectivity index (χ3n) is 3.09. The summed E-state index contributed by atoms with van der Waals surface area (Å²) in [5.41, 5.74) is 8.04. The molecule has 0 aromatic heterocycles. The zero-order valence-corrected chi connectivity index (χ0v) is 9.14. The van der Waals surface area contributed by atoms with E-state index in [4.69, 9.17) is 15.6 Å². The highest BCUT2D eigenvalue weighted by Gasteiger charge is 2.30. The Labute approximate surface area is 94.0 Å². The zero-order valence-electron chi connectivity index (χ0n) is 9.14. The number of ether oxygens (including phenoxy) is 1. The van der Waals surface area contributed by atoms with Gasteiger partial charge in [-0.25, -0.2) is 0 Å². The number of carboxylic acids is 1. The van der Waals surface area contributed by atoms with E-state index >= 15 is 0 Å². The lowest BCUT2D eigenvalue weighted by Crippen LogP contribution is -2.07. The Morgan fingerprint density at radius 2 is 2.31 bits per heavy atom. The summed E-state index contributed by atoms with van der Waals surface area (Å²) in [5, 5.41) is 8.84. The average Bonchev–Trinajstić information content (AvgIpc) is 2.54. The highest BCUT2D eigenvalue weighted by molar-refractivity contribution is 5.68. The first-order valence-corrected chi connectivity index (χ1v) is 5.27. The van der Waals surface area contributed by atoms with Crippen LogP contribution in [0.4, 0.5) is 0 Å². The van der Waals surface area contributed by atoms with Crippen LogP contribution in [-0.2, 0) is 4.79 Å². The molecule has 2 unspecified atom stereocenters. The quantitative estimate of drug-likeness (QED) is 0.814. The number of aliphatic carboxylic acids is 1. The molecule has 0 amide bonds. The maximum Gasteiger partial charge on any atom is 0.303 e. The van der Waals surface area contributed by atoms with Crippen LogP contribution < -0.4 is 10.5 Å². The Bertz CT molecular complexity index is 417. The van der Waals surface area contributed by atoms with E-state index in [1.165, 1.54) is 0 Å². The van der Waals surface area contributed by atoms with Gasteiger partial charge >= 0.3 is 5.97 Å². The maximum atomic E-state index is 10.8. The summed E-state index contributed by atoms with van der Waals surface area (Å²) in [7, 11) is 1.60. The molecule has 0 bridgehead atoms. The van der Waals surface area contributed by atoms with E-state index < -0.39 is 5.97 Å². The molecule has 2 rings (SSSR count). The molecule has 0 heterocycles. The molecule has 3 N–H and O–H groups in total. The van der Waals surface area contributed by atoms with Crippen LogP contribution in [0, 0.1) is 0 Å². The highest BCUT2D eigenvalue weighted by atomic mass is 16.5. The SMILES string of the molecule is COc1ccc2c(c1)C(CC(=O)O)CC2N. The fourth-order valence-corrected chi connectivity index (χ4v) is 2.34. The van der Waals surface area contributed by atoms with Gasteiger partial charge in [-0.05, 0) is 35.6 Å². The van der Waals surface area contributed by atoms with Gasteiger partial charge in [-0.2, -0.15) is 0 Å². The van der Waals surface area contributed by atoms with Crippen LogP contribution in [0.5, 0.6) is 5.75 Å². The first kappa shape index (κ1) is 11.0. The highest BCUT2D eigenvalue weighted by Crippen LogP contribution is 2.42. The fraction of sp³-hybridized carbons (Fsp3) is 0.417. The molecule has 4 nitrogen and oxygen atoms in total. The van der Waals surface area contributed by atoms with Gasteiger partial charge in [-0.3, -0.25) is 4.79 Å². The number of hydrogen-bond acceptors (Lipinski definition) is 3. The molecule has 2 atom stereocenters. The summed E-state index contributed by atoms with van der Waals surface area (Å²) in [6, 6.07) is 5.64. The molecule has 0 aliphatic heterocycles. The van der Waals surface area contributed by atoms with Crippen molar-refractivity contribution in [1.29, 1.82) is 0 Å². The number of fused-ring (bicyclic) bond motifs is 1. The molecule has 1 aliphatic rings. The molecular weight excluding hydrogens is 206 g/mol. The van der Waals surface area contributed by atoms with Crippen LogP contribution in [-0.4, -0.2) is 18.2 Å². The largest absolute Gasteiger partial charge is 0.497 e. The van der Waals surface area contributed by atoms with Gasteiger partial charge in [0.05, 0.1) is 13.5 Å². The monoisotopic (exact) mass is 221 g/mol. The van der Waals surface area contributed by atoms with Gasteiger partial charge < -0.3 is 15.6 Å². The van der Waals surface area contributed by atoms with Gasteiger partial charge in [0.15, 0.2) is 0 Å². The van der Waals surface area contributed by atoms with Crippen molar-refractivity contribution >= 4 is 5.97 Å². The second-order valence-electron chi connectivity index (χ2n) is 4.13. The Morgan fingerprint density at radius 1 is 1.56 bits per heavy atom. The summed E-state index contributed by atoms with van der Waals surface area (Å²) in [6.45, 7) is 0. The molecule has 0 saturated carbocycles. The minimum atomic E-state index is -0.784. The van der Waals surface area contributed by atoms with Crippen LogP contribution in [0.25, 0.3) is 0 Å². The number of hydrogen-bond donors (Lipinski definition) is 2. The van der Waals surface area contributed by atoms with Gasteiger partial charge in [-0.15, -0.1) is 0 Å². The van der Waals surface area contributed by atoms with E-state index in [1.54, 1.807) is 7.11 Å². The van der Waals surface area contributed by atoms with Crippen molar-refractivity contribution in [2.45, 2.75) is 24.8 Å². The molecule has 1 aromatic carbocycles. The number of rotatable bonds is 3. The molecule has 0 fully saturated rings. The number of carboxylic acid groups (broad SMARTS) is 1. The Kier molecular flexibility index (Phi) is 2.83. The van der Waals surface area contributed by atoms with E-state index in [0.717, 1.165) is 16.9 Å². The van der Waals surface area contributed by atoms with Crippen molar-refractivity contribution in [2.75, 3.05) is 7.11 Å². The van der Waals surface area contributed by atoms with Crippen LogP contribution >= 0.6 is 0 Å². The number of methoxy groups -OCH3 is 1. The van der Waals surface area contributed by atoms with Crippen LogP contribution in [0.3, 0.4) is 0 Å². The lowest BCUT2D eigenvalue weighted by atomic mass is 9.98. The summed E-state index contributed by atoms with van der Waals surface area (Å²) in [5.74, 6) is -0.0197. The number of carbonyl (C=O) groups is 1. The van der Waals surface area contributed by atoms with E-state index in [0.29, 0.717) is 6.42 Å². The second kappa shape index (κ2) is 4.14. The Balaban J connectivity index is 2.34. The Morgan fingerprint density at radius 3 is 2.94 bits per heavy atom. The van der Waals surface area contributed by atoms with Gasteiger partial charge in [0.25, 0.3) is 0 Å². The topological polar surface area (TPSA) is 72.5 Å². The van der Waals surface area contributed by atoms with Crippen molar-refractivity contribution in [1.82, 2.24) is 0 Å². The fourth-order valence-electron chi connectivity index (χ4n) is 2.34. The van der Waals surface area contributed by atoms with E-state index in [9.17, 15) is 4.79 Å². The van der Waals surface area contributed by atoms with Gasteiger partial charge in [0.2, 0.25) is 0 Å². The molecule has 0 spiro atoms. The summed E-state index contributed by atoms with van der Waals surface area (Å²) < 4.78 is 5.14. The first-order valence-electron chi connectivity index (χ1n) is 5.27. The van der Waals surface area contributed by atoms with Crippen molar-refractivity contribution in [3.8, 4) is 5.75 Å². The predicted octanol–water partition coefficient (Wildman–Crippen LogP) is 1.66. The Hall–Kier alpha value is -1.55. The summed E-state index contributed by atoms with van der Waals surface area (Å²) in [6.07, 6.45) is 0.836. The minimum absolute atomic E-state index is 0.0117. The average molecular weight is 221 g/mol. The minimum Gasteiger partial charge on any atom is -0.497 e. The molecule has 86 valence electrons.